The first-order valence-corrected chi connectivity index (χ1v) is 3.56. The Bertz CT molecular complexity index is 207. The minimum Gasteiger partial charge on any atom is -0.245 e. The van der Waals surface area contributed by atoms with Gasteiger partial charge in [0.05, 0.1) is 0 Å². The third-order valence-electron chi connectivity index (χ3n) is 1.83. The molecule has 0 saturated carbocycles. The van der Waals surface area contributed by atoms with Crippen LogP contribution in [-0.2, 0) is 12.8 Å². The molecule has 1 aliphatic rings. The van der Waals surface area contributed by atoms with Gasteiger partial charge in [-0.25, -0.2) is 9.97 Å². The zero-order chi connectivity index (χ0) is 6.81. The molecule has 0 spiro atoms. The zero-order valence-corrected chi connectivity index (χ0v) is 5.75. The van der Waals surface area contributed by atoms with Gasteiger partial charge < -0.3 is 0 Å². The SMILES string of the molecule is [CH]1CCc2ncncc2C1. The first kappa shape index (κ1) is 5.83. The van der Waals surface area contributed by atoms with Gasteiger partial charge in [0.2, 0.25) is 0 Å². The summed E-state index contributed by atoms with van der Waals surface area (Å²) in [5, 5.41) is 0. The zero-order valence-electron chi connectivity index (χ0n) is 5.75. The van der Waals surface area contributed by atoms with Crippen molar-refractivity contribution in [2.75, 3.05) is 0 Å². The first-order chi connectivity index (χ1) is 4.97. The van der Waals surface area contributed by atoms with Crippen LogP contribution < -0.4 is 0 Å². The smallest absolute Gasteiger partial charge is 0.115 e. The summed E-state index contributed by atoms with van der Waals surface area (Å²) in [5.41, 5.74) is 2.53. The molecule has 0 N–H and O–H groups in total. The lowest BCUT2D eigenvalue weighted by molar-refractivity contribution is 0.783. The summed E-state index contributed by atoms with van der Waals surface area (Å²) < 4.78 is 0. The largest absolute Gasteiger partial charge is 0.245 e. The molecule has 2 heteroatoms. The van der Waals surface area contributed by atoms with Crippen molar-refractivity contribution in [2.24, 2.45) is 0 Å². The predicted octanol–water partition coefficient (Wildman–Crippen LogP) is 1.17. The van der Waals surface area contributed by atoms with Crippen LogP contribution in [0, 0.1) is 6.42 Å². The van der Waals surface area contributed by atoms with Crippen LogP contribution >= 0.6 is 0 Å². The molecule has 0 atom stereocenters. The van der Waals surface area contributed by atoms with Crippen molar-refractivity contribution in [1.82, 2.24) is 9.97 Å². The van der Waals surface area contributed by atoms with E-state index < -0.39 is 0 Å². The summed E-state index contributed by atoms with van der Waals surface area (Å²) >= 11 is 0. The molecule has 51 valence electrons. The van der Waals surface area contributed by atoms with E-state index in [1.54, 1.807) is 6.33 Å². The fourth-order valence-corrected chi connectivity index (χ4v) is 1.28. The lowest BCUT2D eigenvalue weighted by atomic mass is 9.98. The Morgan fingerprint density at radius 3 is 3.30 bits per heavy atom. The molecule has 0 bridgehead atoms. The van der Waals surface area contributed by atoms with E-state index in [-0.39, 0.29) is 0 Å². The third kappa shape index (κ3) is 0.897. The molecule has 0 aromatic carbocycles. The number of hydrogen-bond acceptors (Lipinski definition) is 2. The number of hydrogen-bond donors (Lipinski definition) is 0. The van der Waals surface area contributed by atoms with E-state index in [0.717, 1.165) is 12.8 Å². The van der Waals surface area contributed by atoms with Crippen LogP contribution in [0.1, 0.15) is 17.7 Å². The van der Waals surface area contributed by atoms with Crippen molar-refractivity contribution in [1.29, 1.82) is 0 Å². The highest BCUT2D eigenvalue weighted by Crippen LogP contribution is 2.15. The second-order valence-corrected chi connectivity index (χ2v) is 2.53. The Labute approximate surface area is 60.3 Å². The number of rotatable bonds is 0. The predicted molar refractivity (Wildman–Crippen MR) is 38.4 cm³/mol. The molecule has 0 unspecified atom stereocenters. The van der Waals surface area contributed by atoms with Crippen molar-refractivity contribution < 1.29 is 0 Å². The molecule has 2 rings (SSSR count). The minimum atomic E-state index is 1.05. The monoisotopic (exact) mass is 133 g/mol. The van der Waals surface area contributed by atoms with Crippen molar-refractivity contribution in [3.8, 4) is 0 Å². The summed E-state index contributed by atoms with van der Waals surface area (Å²) in [6.07, 6.45) is 9.14. The van der Waals surface area contributed by atoms with Gasteiger partial charge in [0, 0.05) is 11.9 Å². The number of aryl methyl sites for hydroxylation is 1. The van der Waals surface area contributed by atoms with Crippen LogP contribution in [0.25, 0.3) is 0 Å². The molecule has 10 heavy (non-hydrogen) atoms. The van der Waals surface area contributed by atoms with Crippen LogP contribution in [0.5, 0.6) is 0 Å². The van der Waals surface area contributed by atoms with Crippen LogP contribution in [-0.4, -0.2) is 9.97 Å². The fraction of sp³-hybridized carbons (Fsp3) is 0.375. The molecule has 0 amide bonds. The Morgan fingerprint density at radius 2 is 2.40 bits per heavy atom. The van der Waals surface area contributed by atoms with Crippen LogP contribution in [0.2, 0.25) is 0 Å². The fourth-order valence-electron chi connectivity index (χ4n) is 1.28. The van der Waals surface area contributed by atoms with Crippen molar-refractivity contribution in [2.45, 2.75) is 19.3 Å². The normalized spacial score (nSPS) is 16.4. The van der Waals surface area contributed by atoms with E-state index in [2.05, 4.69) is 16.4 Å². The molecule has 1 heterocycles. The lowest BCUT2D eigenvalue weighted by Crippen LogP contribution is -2.05. The van der Waals surface area contributed by atoms with Gasteiger partial charge in [-0.15, -0.1) is 0 Å². The van der Waals surface area contributed by atoms with E-state index in [4.69, 9.17) is 0 Å². The highest BCUT2D eigenvalue weighted by molar-refractivity contribution is 5.21. The highest BCUT2D eigenvalue weighted by atomic mass is 14.8. The minimum absolute atomic E-state index is 1.05. The van der Waals surface area contributed by atoms with Crippen molar-refractivity contribution in [3.05, 3.63) is 30.2 Å². The third-order valence-corrected chi connectivity index (χ3v) is 1.83. The average molecular weight is 133 g/mol. The Hall–Kier alpha value is -0.920. The van der Waals surface area contributed by atoms with E-state index in [9.17, 15) is 0 Å². The molecule has 0 saturated heterocycles. The topological polar surface area (TPSA) is 25.8 Å². The quantitative estimate of drug-likeness (QED) is 0.531. The number of fused-ring (bicyclic) bond motifs is 1. The van der Waals surface area contributed by atoms with Crippen molar-refractivity contribution >= 4 is 0 Å². The van der Waals surface area contributed by atoms with E-state index in [1.165, 1.54) is 17.7 Å². The first-order valence-electron chi connectivity index (χ1n) is 3.56. The van der Waals surface area contributed by atoms with Gasteiger partial charge in [-0.1, -0.05) is 0 Å². The number of nitrogens with zero attached hydrogens (tertiary/aromatic N) is 2. The summed E-state index contributed by atoms with van der Waals surface area (Å²) in [7, 11) is 0. The highest BCUT2D eigenvalue weighted by Gasteiger charge is 2.08. The van der Waals surface area contributed by atoms with Gasteiger partial charge in [0.1, 0.15) is 6.33 Å². The summed E-state index contributed by atoms with van der Waals surface area (Å²) in [6.45, 7) is 0. The molecular formula is C8H9N2. The maximum atomic E-state index is 4.19. The lowest BCUT2D eigenvalue weighted by Gasteiger charge is -2.11. The number of aromatic nitrogens is 2. The maximum Gasteiger partial charge on any atom is 0.115 e. The van der Waals surface area contributed by atoms with Gasteiger partial charge >= 0.3 is 0 Å². The van der Waals surface area contributed by atoms with Crippen molar-refractivity contribution in [3.63, 3.8) is 0 Å². The van der Waals surface area contributed by atoms with Crippen LogP contribution in [0.15, 0.2) is 12.5 Å². The van der Waals surface area contributed by atoms with Gasteiger partial charge in [0.15, 0.2) is 0 Å². The Morgan fingerprint density at radius 1 is 1.40 bits per heavy atom. The summed E-state index contributed by atoms with van der Waals surface area (Å²) in [4.78, 5) is 8.16. The van der Waals surface area contributed by atoms with Crippen LogP contribution in [0.4, 0.5) is 0 Å². The Kier molecular flexibility index (Phi) is 1.38. The van der Waals surface area contributed by atoms with Crippen LogP contribution in [0.3, 0.4) is 0 Å². The van der Waals surface area contributed by atoms with Gasteiger partial charge in [-0.2, -0.15) is 0 Å². The van der Waals surface area contributed by atoms with Gasteiger partial charge in [-0.3, -0.25) is 0 Å². The van der Waals surface area contributed by atoms with E-state index in [0.29, 0.717) is 0 Å². The molecule has 0 fully saturated rings. The molecule has 1 aromatic heterocycles. The molecule has 1 aliphatic carbocycles. The second-order valence-electron chi connectivity index (χ2n) is 2.53. The van der Waals surface area contributed by atoms with E-state index >= 15 is 0 Å². The molecule has 1 radical (unpaired) electrons. The molecule has 1 aromatic rings. The van der Waals surface area contributed by atoms with E-state index in [1.807, 2.05) is 6.20 Å². The standard InChI is InChI=1S/C8H9N2/c1-2-4-8-7(3-1)5-9-6-10-8/h1,5-6H,2-4H2. The Balaban J connectivity index is 2.41. The van der Waals surface area contributed by atoms with Gasteiger partial charge in [0.25, 0.3) is 0 Å². The second kappa shape index (κ2) is 2.37. The maximum absolute atomic E-state index is 4.19. The molecule has 2 nitrogen and oxygen atoms in total. The molecular weight excluding hydrogens is 124 g/mol. The summed E-state index contributed by atoms with van der Waals surface area (Å²) in [6, 6.07) is 0. The average Bonchev–Trinajstić information content (AvgIpc) is 2.05. The van der Waals surface area contributed by atoms with Gasteiger partial charge in [-0.05, 0) is 31.2 Å². The molecule has 0 aliphatic heterocycles. The summed E-state index contributed by atoms with van der Waals surface area (Å²) in [5.74, 6) is 0.